The van der Waals surface area contributed by atoms with E-state index in [9.17, 15) is 4.79 Å². The lowest BCUT2D eigenvalue weighted by atomic mass is 10.0. The smallest absolute Gasteiger partial charge is 0.265 e. The van der Waals surface area contributed by atoms with Crippen molar-refractivity contribution in [2.45, 2.75) is 25.6 Å². The van der Waals surface area contributed by atoms with Crippen molar-refractivity contribution in [3.8, 4) is 27.8 Å². The number of aryl methyl sites for hydroxylation is 1. The maximum atomic E-state index is 13.2. The molecule has 1 amide bonds. The van der Waals surface area contributed by atoms with Crippen molar-refractivity contribution in [2.75, 3.05) is 47.6 Å². The summed E-state index contributed by atoms with van der Waals surface area (Å²) in [6.45, 7) is 4.32. The number of amides is 1. The summed E-state index contributed by atoms with van der Waals surface area (Å²) >= 11 is 1.37. The molecule has 30 heavy (non-hydrogen) atoms. The lowest BCUT2D eigenvalue weighted by Crippen LogP contribution is -2.47. The van der Waals surface area contributed by atoms with Crippen LogP contribution < -0.4 is 14.2 Å². The van der Waals surface area contributed by atoms with Gasteiger partial charge in [0.1, 0.15) is 9.88 Å². The number of carbonyl (C=O) groups excluding carboxylic acids is 1. The van der Waals surface area contributed by atoms with Gasteiger partial charge in [0.05, 0.1) is 40.2 Å². The molecule has 0 aliphatic carbocycles. The fraction of sp³-hybridized carbons (Fsp3) is 0.524. The first-order valence-electron chi connectivity index (χ1n) is 9.85. The summed E-state index contributed by atoms with van der Waals surface area (Å²) in [6.07, 6.45) is 1.38. The fourth-order valence-electron chi connectivity index (χ4n) is 3.90. The zero-order valence-corrected chi connectivity index (χ0v) is 18.5. The van der Waals surface area contributed by atoms with Crippen LogP contribution in [0.3, 0.4) is 0 Å². The molecule has 0 unspecified atom stereocenters. The minimum atomic E-state index is -0.499. The van der Waals surface area contributed by atoms with Crippen LogP contribution in [-0.4, -0.2) is 69.2 Å². The third-order valence-electron chi connectivity index (χ3n) is 5.53. The Kier molecular flexibility index (Phi) is 5.86. The molecule has 4 rings (SSSR count). The summed E-state index contributed by atoms with van der Waals surface area (Å²) in [7, 11) is 4.71. The minimum Gasteiger partial charge on any atom is -0.493 e. The van der Waals surface area contributed by atoms with Gasteiger partial charge in [0, 0.05) is 31.5 Å². The summed E-state index contributed by atoms with van der Waals surface area (Å²) in [5.41, 5.74) is 1.52. The van der Waals surface area contributed by atoms with Crippen LogP contribution in [0.2, 0.25) is 0 Å². The van der Waals surface area contributed by atoms with E-state index in [1.165, 1.54) is 11.3 Å². The predicted octanol–water partition coefficient (Wildman–Crippen LogP) is 3.12. The van der Waals surface area contributed by atoms with Gasteiger partial charge in [-0.15, -0.1) is 11.3 Å². The van der Waals surface area contributed by atoms with Crippen molar-refractivity contribution in [3.05, 3.63) is 22.7 Å². The number of piperidine rings is 1. The number of aromatic nitrogens is 1. The second-order valence-electron chi connectivity index (χ2n) is 7.25. The maximum absolute atomic E-state index is 13.2. The molecule has 0 N–H and O–H groups in total. The molecule has 162 valence electrons. The number of likely N-dealkylation sites (tertiary alicyclic amines) is 1. The van der Waals surface area contributed by atoms with Crippen molar-refractivity contribution in [1.82, 2.24) is 9.88 Å². The van der Waals surface area contributed by atoms with Gasteiger partial charge in [0.15, 0.2) is 17.3 Å². The van der Waals surface area contributed by atoms with Gasteiger partial charge < -0.3 is 28.6 Å². The van der Waals surface area contributed by atoms with Gasteiger partial charge in [-0.05, 0) is 19.1 Å². The van der Waals surface area contributed by atoms with Crippen LogP contribution in [0.4, 0.5) is 0 Å². The van der Waals surface area contributed by atoms with E-state index >= 15 is 0 Å². The summed E-state index contributed by atoms with van der Waals surface area (Å²) in [4.78, 5) is 20.3. The van der Waals surface area contributed by atoms with Crippen molar-refractivity contribution in [3.63, 3.8) is 0 Å². The standard InChI is InChI=1S/C21H26N2O6S/c1-13-18(20(24)23-7-5-21(6-8-23)28-9-10-29-21)30-19(22-13)14-11-15(25-2)17(27-4)16(12-14)26-3/h11-12H,5-10H2,1-4H3. The molecule has 0 saturated carbocycles. The lowest BCUT2D eigenvalue weighted by Gasteiger charge is -2.37. The largest absolute Gasteiger partial charge is 0.493 e. The van der Waals surface area contributed by atoms with Crippen LogP contribution in [-0.2, 0) is 9.47 Å². The van der Waals surface area contributed by atoms with E-state index in [1.54, 1.807) is 21.3 Å². The summed E-state index contributed by atoms with van der Waals surface area (Å²) < 4.78 is 27.8. The monoisotopic (exact) mass is 434 g/mol. The average Bonchev–Trinajstić information content (AvgIpc) is 3.39. The summed E-state index contributed by atoms with van der Waals surface area (Å²) in [6, 6.07) is 3.68. The van der Waals surface area contributed by atoms with Crippen molar-refractivity contribution in [1.29, 1.82) is 0 Å². The number of hydrogen-bond donors (Lipinski definition) is 0. The first-order chi connectivity index (χ1) is 14.5. The van der Waals surface area contributed by atoms with Crippen LogP contribution in [0, 0.1) is 6.92 Å². The van der Waals surface area contributed by atoms with E-state index in [2.05, 4.69) is 4.98 Å². The molecule has 2 aliphatic heterocycles. The zero-order valence-electron chi connectivity index (χ0n) is 17.6. The van der Waals surface area contributed by atoms with Gasteiger partial charge in [-0.3, -0.25) is 4.79 Å². The van der Waals surface area contributed by atoms with E-state index in [-0.39, 0.29) is 5.91 Å². The first kappa shape index (κ1) is 20.9. The number of benzene rings is 1. The van der Waals surface area contributed by atoms with Gasteiger partial charge >= 0.3 is 0 Å². The maximum Gasteiger partial charge on any atom is 0.265 e. The highest BCUT2D eigenvalue weighted by Crippen LogP contribution is 2.42. The van der Waals surface area contributed by atoms with E-state index in [0.29, 0.717) is 67.0 Å². The van der Waals surface area contributed by atoms with E-state index in [4.69, 9.17) is 23.7 Å². The number of nitrogens with zero attached hydrogens (tertiary/aromatic N) is 2. The molecule has 1 aromatic carbocycles. The molecule has 1 spiro atoms. The number of methoxy groups -OCH3 is 3. The molecule has 0 bridgehead atoms. The minimum absolute atomic E-state index is 0.00320. The highest BCUT2D eigenvalue weighted by atomic mass is 32.1. The Hall–Kier alpha value is -2.36. The van der Waals surface area contributed by atoms with E-state index in [1.807, 2.05) is 24.0 Å². The Balaban J connectivity index is 1.57. The third-order valence-corrected chi connectivity index (χ3v) is 6.72. The Morgan fingerprint density at radius 1 is 1.07 bits per heavy atom. The fourth-order valence-corrected chi connectivity index (χ4v) is 4.92. The SMILES string of the molecule is COc1cc(-c2nc(C)c(C(=O)N3CCC4(CC3)OCCO4)s2)cc(OC)c1OC. The molecule has 9 heteroatoms. The van der Waals surface area contributed by atoms with Gasteiger partial charge in [-0.1, -0.05) is 0 Å². The molecule has 2 saturated heterocycles. The normalized spacial score (nSPS) is 17.9. The average molecular weight is 435 g/mol. The topological polar surface area (TPSA) is 79.4 Å². The van der Waals surface area contributed by atoms with E-state index in [0.717, 1.165) is 10.6 Å². The number of carbonyl (C=O) groups is 1. The molecule has 0 atom stereocenters. The molecule has 2 fully saturated rings. The van der Waals surface area contributed by atoms with Crippen molar-refractivity contribution >= 4 is 17.2 Å². The van der Waals surface area contributed by atoms with Crippen LogP contribution in [0.1, 0.15) is 28.2 Å². The number of thiazole rings is 1. The van der Waals surface area contributed by atoms with Gasteiger partial charge in [-0.2, -0.15) is 0 Å². The summed E-state index contributed by atoms with van der Waals surface area (Å²) in [5, 5.41) is 0.728. The molecule has 2 aromatic rings. The number of ether oxygens (including phenoxy) is 5. The Morgan fingerprint density at radius 2 is 1.67 bits per heavy atom. The molecule has 8 nitrogen and oxygen atoms in total. The van der Waals surface area contributed by atoms with E-state index < -0.39 is 5.79 Å². The lowest BCUT2D eigenvalue weighted by molar-refractivity contribution is -0.181. The molecule has 3 heterocycles. The van der Waals surface area contributed by atoms with Gasteiger partial charge in [0.25, 0.3) is 5.91 Å². The Bertz CT molecular complexity index is 903. The second kappa shape index (κ2) is 8.41. The molecular formula is C21H26N2O6S. The van der Waals surface area contributed by atoms with Crippen LogP contribution in [0.5, 0.6) is 17.2 Å². The van der Waals surface area contributed by atoms with Gasteiger partial charge in [0.2, 0.25) is 5.75 Å². The highest BCUT2D eigenvalue weighted by molar-refractivity contribution is 7.17. The van der Waals surface area contributed by atoms with Crippen LogP contribution >= 0.6 is 11.3 Å². The van der Waals surface area contributed by atoms with Crippen molar-refractivity contribution in [2.24, 2.45) is 0 Å². The molecular weight excluding hydrogens is 408 g/mol. The third kappa shape index (κ3) is 3.73. The highest BCUT2D eigenvalue weighted by Gasteiger charge is 2.41. The van der Waals surface area contributed by atoms with Crippen molar-refractivity contribution < 1.29 is 28.5 Å². The Morgan fingerprint density at radius 3 is 2.20 bits per heavy atom. The van der Waals surface area contributed by atoms with Crippen LogP contribution in [0.25, 0.3) is 10.6 Å². The first-order valence-corrected chi connectivity index (χ1v) is 10.7. The predicted molar refractivity (Wildman–Crippen MR) is 112 cm³/mol. The number of hydrogen-bond acceptors (Lipinski definition) is 8. The molecule has 0 radical (unpaired) electrons. The molecule has 2 aliphatic rings. The van der Waals surface area contributed by atoms with Crippen LogP contribution in [0.15, 0.2) is 12.1 Å². The molecule has 1 aromatic heterocycles. The zero-order chi connectivity index (χ0) is 21.3. The van der Waals surface area contributed by atoms with Gasteiger partial charge in [-0.25, -0.2) is 4.98 Å². The Labute approximate surface area is 179 Å². The summed E-state index contributed by atoms with van der Waals surface area (Å²) in [5.74, 6) is 1.11. The quantitative estimate of drug-likeness (QED) is 0.715. The second-order valence-corrected chi connectivity index (χ2v) is 8.25. The number of rotatable bonds is 5.